The molecule has 1 fully saturated rings. The van der Waals surface area contributed by atoms with Crippen LogP contribution in [-0.2, 0) is 4.79 Å². The average Bonchev–Trinajstić information content (AvgIpc) is 3.28. The van der Waals surface area contributed by atoms with E-state index in [1.54, 1.807) is 7.11 Å². The van der Waals surface area contributed by atoms with E-state index in [0.717, 1.165) is 11.3 Å². The molecule has 1 amide bonds. The largest absolute Gasteiger partial charge is 0.497 e. The van der Waals surface area contributed by atoms with E-state index in [0.29, 0.717) is 12.5 Å². The molecule has 0 bridgehead atoms. The first-order valence-electron chi connectivity index (χ1n) is 6.79. The number of nitrogens with one attached hydrogen (secondary N) is 1. The summed E-state index contributed by atoms with van der Waals surface area (Å²) in [6.07, 6.45) is 2.40. The number of nitrogens with two attached hydrogens (primary N) is 1. The van der Waals surface area contributed by atoms with Crippen LogP contribution in [0.25, 0.3) is 0 Å². The van der Waals surface area contributed by atoms with E-state index in [1.807, 2.05) is 31.2 Å². The van der Waals surface area contributed by atoms with Crippen LogP contribution >= 0.6 is 0 Å². The zero-order valence-corrected chi connectivity index (χ0v) is 11.6. The summed E-state index contributed by atoms with van der Waals surface area (Å²) in [6.45, 7) is 2.48. The average molecular weight is 262 g/mol. The molecule has 1 aliphatic carbocycles. The molecule has 2 unspecified atom stereocenters. The van der Waals surface area contributed by atoms with Gasteiger partial charge in [-0.05, 0) is 43.4 Å². The van der Waals surface area contributed by atoms with Gasteiger partial charge in [-0.25, -0.2) is 0 Å². The predicted molar refractivity (Wildman–Crippen MR) is 75.1 cm³/mol. The number of amides is 1. The van der Waals surface area contributed by atoms with Crippen molar-refractivity contribution in [2.45, 2.75) is 31.7 Å². The Labute approximate surface area is 114 Å². The van der Waals surface area contributed by atoms with Gasteiger partial charge in [0, 0.05) is 12.6 Å². The Kier molecular flexibility index (Phi) is 4.43. The molecule has 104 valence electrons. The summed E-state index contributed by atoms with van der Waals surface area (Å²) >= 11 is 0. The van der Waals surface area contributed by atoms with Gasteiger partial charge in [0.1, 0.15) is 5.75 Å². The maximum Gasteiger partial charge on any atom is 0.227 e. The molecule has 3 N–H and O–H groups in total. The van der Waals surface area contributed by atoms with Gasteiger partial charge in [-0.2, -0.15) is 0 Å². The van der Waals surface area contributed by atoms with Gasteiger partial charge < -0.3 is 15.8 Å². The Balaban J connectivity index is 1.86. The molecule has 1 aromatic carbocycles. The minimum atomic E-state index is -0.169. The maximum absolute atomic E-state index is 12.0. The lowest BCUT2D eigenvalue weighted by Crippen LogP contribution is -2.40. The van der Waals surface area contributed by atoms with Crippen LogP contribution in [0.4, 0.5) is 0 Å². The van der Waals surface area contributed by atoms with Crippen molar-refractivity contribution in [3.8, 4) is 5.75 Å². The molecular formula is C15H22N2O2. The summed E-state index contributed by atoms with van der Waals surface area (Å²) in [4.78, 5) is 12.0. The molecule has 0 radical (unpaired) electrons. The summed E-state index contributed by atoms with van der Waals surface area (Å²) in [6, 6.07) is 7.68. The Morgan fingerprint density at radius 2 is 2.05 bits per heavy atom. The van der Waals surface area contributed by atoms with E-state index in [2.05, 4.69) is 5.32 Å². The highest BCUT2D eigenvalue weighted by Gasteiger charge is 2.28. The molecule has 1 aliphatic rings. The third-order valence-electron chi connectivity index (χ3n) is 3.75. The number of hydrogen-bond donors (Lipinski definition) is 2. The number of carbonyl (C=O) groups excluding carboxylic acids is 1. The first-order valence-corrected chi connectivity index (χ1v) is 6.79. The summed E-state index contributed by atoms with van der Waals surface area (Å²) in [7, 11) is 1.63. The van der Waals surface area contributed by atoms with Crippen molar-refractivity contribution in [1.82, 2.24) is 5.32 Å². The second-order valence-electron chi connectivity index (χ2n) is 5.24. The smallest absolute Gasteiger partial charge is 0.227 e. The van der Waals surface area contributed by atoms with Crippen LogP contribution in [0, 0.1) is 5.92 Å². The van der Waals surface area contributed by atoms with Gasteiger partial charge >= 0.3 is 0 Å². The van der Waals surface area contributed by atoms with Crippen molar-refractivity contribution in [2.75, 3.05) is 13.7 Å². The van der Waals surface area contributed by atoms with Gasteiger partial charge in [-0.15, -0.1) is 0 Å². The summed E-state index contributed by atoms with van der Waals surface area (Å²) in [5, 5.41) is 2.94. The molecule has 0 spiro atoms. The normalized spacial score (nSPS) is 17.6. The molecule has 1 aromatic rings. The fourth-order valence-corrected chi connectivity index (χ4v) is 2.11. The van der Waals surface area contributed by atoms with E-state index in [4.69, 9.17) is 10.5 Å². The summed E-state index contributed by atoms with van der Waals surface area (Å²) < 4.78 is 5.10. The molecule has 0 aromatic heterocycles. The first kappa shape index (κ1) is 13.9. The molecule has 4 heteroatoms. The predicted octanol–water partition coefficient (Wildman–Crippen LogP) is 1.65. The fourth-order valence-electron chi connectivity index (χ4n) is 2.11. The van der Waals surface area contributed by atoms with E-state index in [9.17, 15) is 4.79 Å². The summed E-state index contributed by atoms with van der Waals surface area (Å²) in [5.41, 5.74) is 6.96. The van der Waals surface area contributed by atoms with Gasteiger partial charge in [0.05, 0.1) is 13.0 Å². The molecule has 19 heavy (non-hydrogen) atoms. The minimum Gasteiger partial charge on any atom is -0.497 e. The third kappa shape index (κ3) is 3.70. The van der Waals surface area contributed by atoms with Gasteiger partial charge in [-0.1, -0.05) is 12.1 Å². The number of benzene rings is 1. The fraction of sp³-hybridized carbons (Fsp3) is 0.533. The highest BCUT2D eigenvalue weighted by Crippen LogP contribution is 2.31. The van der Waals surface area contributed by atoms with Crippen molar-refractivity contribution < 1.29 is 9.53 Å². The number of hydrogen-bond acceptors (Lipinski definition) is 3. The number of ether oxygens (including phenoxy) is 1. The van der Waals surface area contributed by atoms with Crippen LogP contribution in [0.5, 0.6) is 5.75 Å². The Bertz CT molecular complexity index is 426. The van der Waals surface area contributed by atoms with Crippen molar-refractivity contribution >= 4 is 5.91 Å². The van der Waals surface area contributed by atoms with Crippen LogP contribution in [0.2, 0.25) is 0 Å². The van der Waals surface area contributed by atoms with E-state index in [-0.39, 0.29) is 17.9 Å². The second kappa shape index (κ2) is 6.06. The van der Waals surface area contributed by atoms with E-state index >= 15 is 0 Å². The van der Waals surface area contributed by atoms with Gasteiger partial charge in [0.15, 0.2) is 0 Å². The Hall–Kier alpha value is -1.55. The molecule has 0 saturated heterocycles. The lowest BCUT2D eigenvalue weighted by molar-refractivity contribution is -0.122. The zero-order chi connectivity index (χ0) is 13.8. The topological polar surface area (TPSA) is 64.3 Å². The molecule has 4 nitrogen and oxygen atoms in total. The van der Waals surface area contributed by atoms with Crippen molar-refractivity contribution in [2.24, 2.45) is 11.7 Å². The molecular weight excluding hydrogens is 240 g/mol. The molecule has 0 aliphatic heterocycles. The van der Waals surface area contributed by atoms with Crippen molar-refractivity contribution in [3.05, 3.63) is 29.8 Å². The highest BCUT2D eigenvalue weighted by molar-refractivity contribution is 5.83. The number of methoxy groups -OCH3 is 1. The summed E-state index contributed by atoms with van der Waals surface area (Å²) in [5.74, 6) is 1.27. The van der Waals surface area contributed by atoms with Crippen LogP contribution in [0.15, 0.2) is 24.3 Å². The van der Waals surface area contributed by atoms with Crippen LogP contribution in [0.3, 0.4) is 0 Å². The van der Waals surface area contributed by atoms with E-state index in [1.165, 1.54) is 12.8 Å². The standard InChI is InChI=1S/C15H22N2O2/c1-10(11-5-7-13(19-2)8-6-11)15(18)17-9-14(16)12-3-4-12/h5-8,10,12,14H,3-4,9,16H2,1-2H3,(H,17,18). The van der Waals surface area contributed by atoms with Crippen molar-refractivity contribution in [3.63, 3.8) is 0 Å². The quantitative estimate of drug-likeness (QED) is 0.819. The van der Waals surface area contributed by atoms with Gasteiger partial charge in [-0.3, -0.25) is 4.79 Å². The monoisotopic (exact) mass is 262 g/mol. The number of rotatable bonds is 6. The van der Waals surface area contributed by atoms with Crippen molar-refractivity contribution in [1.29, 1.82) is 0 Å². The highest BCUT2D eigenvalue weighted by atomic mass is 16.5. The molecule has 0 heterocycles. The van der Waals surface area contributed by atoms with Crippen LogP contribution in [-0.4, -0.2) is 25.6 Å². The molecule has 2 rings (SSSR count). The Morgan fingerprint density at radius 1 is 1.42 bits per heavy atom. The maximum atomic E-state index is 12.0. The SMILES string of the molecule is COc1ccc(C(C)C(=O)NCC(N)C2CC2)cc1. The van der Waals surface area contributed by atoms with E-state index < -0.39 is 0 Å². The first-order chi connectivity index (χ1) is 9.11. The lowest BCUT2D eigenvalue weighted by atomic mass is 10.00. The third-order valence-corrected chi connectivity index (χ3v) is 3.75. The lowest BCUT2D eigenvalue weighted by Gasteiger charge is -2.16. The van der Waals surface area contributed by atoms with Gasteiger partial charge in [0.25, 0.3) is 0 Å². The Morgan fingerprint density at radius 3 is 2.58 bits per heavy atom. The van der Waals surface area contributed by atoms with Crippen LogP contribution < -0.4 is 15.8 Å². The van der Waals surface area contributed by atoms with Gasteiger partial charge in [0.2, 0.25) is 5.91 Å². The zero-order valence-electron chi connectivity index (χ0n) is 11.6. The van der Waals surface area contributed by atoms with Crippen LogP contribution in [0.1, 0.15) is 31.2 Å². The minimum absolute atomic E-state index is 0.0290. The second-order valence-corrected chi connectivity index (χ2v) is 5.24. The number of carbonyl (C=O) groups is 1. The molecule has 1 saturated carbocycles. The molecule has 2 atom stereocenters.